The summed E-state index contributed by atoms with van der Waals surface area (Å²) in [4.78, 5) is 0. The van der Waals surface area contributed by atoms with Crippen molar-refractivity contribution in [3.63, 3.8) is 0 Å². The van der Waals surface area contributed by atoms with Gasteiger partial charge in [0.25, 0.3) is 0 Å². The Balaban J connectivity index is 1.53. The maximum Gasteiger partial charge on any atom is 0.412 e. The molecule has 0 saturated carbocycles. The number of pyridine rings is 2. The lowest BCUT2D eigenvalue weighted by atomic mass is 9.93. The van der Waals surface area contributed by atoms with Crippen molar-refractivity contribution in [2.75, 3.05) is 0 Å². The molecule has 0 aliphatic rings. The average molecular weight is 525 g/mol. The Morgan fingerprint density at radius 1 is 0.538 bits per heavy atom. The number of fused-ring (bicyclic) bond motifs is 2. The molecule has 0 N–H and O–H groups in total. The molecule has 0 aliphatic heterocycles. The van der Waals surface area contributed by atoms with Crippen molar-refractivity contribution < 1.29 is 8.80 Å². The summed E-state index contributed by atoms with van der Waals surface area (Å²) >= 11 is 0. The van der Waals surface area contributed by atoms with Crippen molar-refractivity contribution >= 4 is 11.3 Å². The van der Waals surface area contributed by atoms with Crippen LogP contribution in [0, 0.1) is 0 Å². The van der Waals surface area contributed by atoms with E-state index in [1.807, 2.05) is 67.8 Å². The van der Waals surface area contributed by atoms with E-state index in [4.69, 9.17) is 20.4 Å². The molecule has 0 saturated heterocycles. The van der Waals surface area contributed by atoms with Crippen LogP contribution in [0.3, 0.4) is 0 Å². The Labute approximate surface area is 227 Å². The molecule has 10 heteroatoms. The molecule has 200 valence electrons. The molecule has 6 heterocycles. The molecule has 6 aromatic heterocycles. The Kier molecular flexibility index (Phi) is 5.33. The van der Waals surface area contributed by atoms with Crippen LogP contribution in [0.1, 0.15) is 66.8 Å². The predicted molar refractivity (Wildman–Crippen MR) is 147 cm³/mol. The lowest BCUT2D eigenvalue weighted by Gasteiger charge is -2.17. The summed E-state index contributed by atoms with van der Waals surface area (Å²) in [6.07, 6.45) is 7.98. The molecule has 10 nitrogen and oxygen atoms in total. The van der Waals surface area contributed by atoms with Gasteiger partial charge >= 0.3 is 11.9 Å². The van der Waals surface area contributed by atoms with Crippen LogP contribution < -0.4 is 8.80 Å². The van der Waals surface area contributed by atoms with Gasteiger partial charge in [-0.2, -0.15) is 8.80 Å². The molecule has 6 aromatic rings. The topological polar surface area (TPSA) is 79.5 Å². The van der Waals surface area contributed by atoms with Crippen LogP contribution in [0.15, 0.2) is 73.3 Å². The first-order valence-corrected chi connectivity index (χ1v) is 13.3. The van der Waals surface area contributed by atoms with E-state index in [0.717, 1.165) is 22.7 Å². The summed E-state index contributed by atoms with van der Waals surface area (Å²) in [5.41, 5.74) is 3.05. The van der Waals surface area contributed by atoms with Gasteiger partial charge in [-0.3, -0.25) is 0 Å². The summed E-state index contributed by atoms with van der Waals surface area (Å²) in [7, 11) is 0. The van der Waals surface area contributed by atoms with Crippen LogP contribution in [0.25, 0.3) is 23.2 Å². The molecule has 0 bridgehead atoms. The third-order valence-electron chi connectivity index (χ3n) is 7.08. The molecular formula is C29H36N10+2. The van der Waals surface area contributed by atoms with E-state index in [0.29, 0.717) is 11.9 Å². The van der Waals surface area contributed by atoms with Gasteiger partial charge in [0, 0.05) is 47.0 Å². The van der Waals surface area contributed by atoms with Crippen molar-refractivity contribution in [1.29, 1.82) is 0 Å². The van der Waals surface area contributed by atoms with Gasteiger partial charge in [-0.15, -0.1) is 28.9 Å². The molecule has 39 heavy (non-hydrogen) atoms. The largest absolute Gasteiger partial charge is 0.412 e. The smallest absolute Gasteiger partial charge is 0.192 e. The van der Waals surface area contributed by atoms with Crippen LogP contribution >= 0.6 is 0 Å². The zero-order valence-electron chi connectivity index (χ0n) is 23.9. The van der Waals surface area contributed by atoms with Crippen molar-refractivity contribution in [2.24, 2.45) is 0 Å². The minimum Gasteiger partial charge on any atom is -0.192 e. The quantitative estimate of drug-likeness (QED) is 0.329. The maximum absolute atomic E-state index is 5.12. The van der Waals surface area contributed by atoms with Crippen LogP contribution in [0.2, 0.25) is 0 Å². The second-order valence-electron chi connectivity index (χ2n) is 12.6. The summed E-state index contributed by atoms with van der Waals surface area (Å²) in [6.45, 7) is 17.2. The molecule has 0 unspecified atom stereocenters. The van der Waals surface area contributed by atoms with Gasteiger partial charge in [-0.05, 0) is 24.3 Å². The van der Waals surface area contributed by atoms with E-state index in [-0.39, 0.29) is 10.8 Å². The number of hydrogen-bond donors (Lipinski definition) is 0. The summed E-state index contributed by atoms with van der Waals surface area (Å²) < 4.78 is 11.8. The second kappa shape index (κ2) is 8.33. The Hall–Kier alpha value is -4.34. The van der Waals surface area contributed by atoms with Crippen LogP contribution in [0.5, 0.6) is 0 Å². The fourth-order valence-corrected chi connectivity index (χ4v) is 4.81. The van der Waals surface area contributed by atoms with Gasteiger partial charge in [-0.1, -0.05) is 53.7 Å². The molecule has 0 radical (unpaired) electrons. The Morgan fingerprint density at radius 3 is 1.31 bits per heavy atom. The SMILES string of the molecule is CC(C)(C)c1ccn(-c2nn(C(C)(C)n3nc(-n4ccc(C(C)(C)C)n4)[n+]4ccccc34)c3cccc[n+]23)n1. The lowest BCUT2D eigenvalue weighted by molar-refractivity contribution is -0.508. The zero-order chi connectivity index (χ0) is 27.7. The van der Waals surface area contributed by atoms with Crippen LogP contribution in [0.4, 0.5) is 0 Å². The number of rotatable bonds is 4. The third-order valence-corrected chi connectivity index (χ3v) is 7.08. The van der Waals surface area contributed by atoms with Gasteiger partial charge < -0.3 is 0 Å². The van der Waals surface area contributed by atoms with Gasteiger partial charge in [0.1, 0.15) is 0 Å². The normalized spacial score (nSPS) is 13.1. The zero-order valence-corrected chi connectivity index (χ0v) is 23.9. The van der Waals surface area contributed by atoms with E-state index in [2.05, 4.69) is 88.5 Å². The van der Waals surface area contributed by atoms with Crippen LogP contribution in [-0.4, -0.2) is 39.1 Å². The molecule has 0 atom stereocenters. The van der Waals surface area contributed by atoms with Gasteiger partial charge in [0.15, 0.2) is 0 Å². The first kappa shape index (κ1) is 25.0. The molecule has 0 aromatic carbocycles. The van der Waals surface area contributed by atoms with E-state index < -0.39 is 5.66 Å². The number of aromatic nitrogens is 10. The number of nitrogens with zero attached hydrogens (tertiary/aromatic N) is 10. The maximum atomic E-state index is 5.12. The van der Waals surface area contributed by atoms with Crippen molar-refractivity contribution in [3.05, 3.63) is 84.7 Å². The highest BCUT2D eigenvalue weighted by atomic mass is 15.6. The molecule has 6 rings (SSSR count). The summed E-state index contributed by atoms with van der Waals surface area (Å²) in [5, 5.41) is 20.0. The highest BCUT2D eigenvalue weighted by molar-refractivity contribution is 5.36. The van der Waals surface area contributed by atoms with Gasteiger partial charge in [-0.25, -0.2) is 0 Å². The fourth-order valence-electron chi connectivity index (χ4n) is 4.81. The second-order valence-corrected chi connectivity index (χ2v) is 12.6. The monoisotopic (exact) mass is 524 g/mol. The molecule has 0 aliphatic carbocycles. The fraction of sp³-hybridized carbons (Fsp3) is 0.379. The van der Waals surface area contributed by atoms with Gasteiger partial charge in [0.2, 0.25) is 17.0 Å². The van der Waals surface area contributed by atoms with E-state index in [9.17, 15) is 0 Å². The number of hydrogen-bond acceptors (Lipinski definition) is 4. The van der Waals surface area contributed by atoms with Gasteiger partial charge in [0.05, 0.1) is 36.2 Å². The lowest BCUT2D eigenvalue weighted by Crippen LogP contribution is -2.38. The Morgan fingerprint density at radius 2 is 0.949 bits per heavy atom. The van der Waals surface area contributed by atoms with Crippen molar-refractivity contribution in [3.8, 4) is 11.9 Å². The predicted octanol–water partition coefficient (Wildman–Crippen LogP) is 3.76. The minimum absolute atomic E-state index is 0.0610. The summed E-state index contributed by atoms with van der Waals surface area (Å²) in [5.74, 6) is 1.42. The molecular weight excluding hydrogens is 488 g/mol. The van der Waals surface area contributed by atoms with E-state index in [1.54, 1.807) is 0 Å². The average Bonchev–Trinajstić information content (AvgIpc) is 3.66. The molecule has 0 fully saturated rings. The molecule has 0 spiro atoms. The minimum atomic E-state index is -0.685. The van der Waals surface area contributed by atoms with Crippen molar-refractivity contribution in [2.45, 2.75) is 71.9 Å². The standard InChI is InChI=1S/C29H36N10/c1-27(2,3)21-15-19-36(30-21)25-32-38(23-13-9-11-17-34(23)25)29(7,8)39-24-14-10-12-18-35(24)26(33-39)37-20-16-22(31-37)28(4,5)6/h9-20H,1-8H3/q+2. The van der Waals surface area contributed by atoms with E-state index >= 15 is 0 Å². The van der Waals surface area contributed by atoms with Crippen LogP contribution in [-0.2, 0) is 16.5 Å². The highest BCUT2D eigenvalue weighted by Gasteiger charge is 2.41. The third kappa shape index (κ3) is 4.02. The first-order chi connectivity index (χ1) is 18.4. The summed E-state index contributed by atoms with van der Waals surface area (Å²) in [6, 6.07) is 16.3. The molecule has 0 amide bonds. The first-order valence-electron chi connectivity index (χ1n) is 13.3. The van der Waals surface area contributed by atoms with E-state index in [1.165, 1.54) is 0 Å². The highest BCUT2D eigenvalue weighted by Crippen LogP contribution is 2.25. The van der Waals surface area contributed by atoms with Crippen molar-refractivity contribution in [1.82, 2.24) is 39.1 Å². The Bertz CT molecular complexity index is 1680.